The maximum Gasteiger partial charge on any atom is 0.124 e. The first-order valence-corrected chi connectivity index (χ1v) is 7.63. The maximum atomic E-state index is 6.28. The van der Waals surface area contributed by atoms with Gasteiger partial charge in [-0.15, -0.1) is 0 Å². The number of nitrogens with two attached hydrogens (primary N) is 1. The molecular weight excluding hydrogens is 258 g/mol. The van der Waals surface area contributed by atoms with Gasteiger partial charge in [0.25, 0.3) is 0 Å². The summed E-state index contributed by atoms with van der Waals surface area (Å²) in [4.78, 5) is 0. The summed E-state index contributed by atoms with van der Waals surface area (Å²) in [5, 5.41) is 0.763. The molecule has 1 atom stereocenters. The van der Waals surface area contributed by atoms with Crippen molar-refractivity contribution in [2.75, 3.05) is 0 Å². The van der Waals surface area contributed by atoms with Crippen LogP contribution in [0.25, 0.3) is 0 Å². The van der Waals surface area contributed by atoms with E-state index in [-0.39, 0.29) is 6.04 Å². The van der Waals surface area contributed by atoms with Gasteiger partial charge in [0.1, 0.15) is 5.75 Å². The first-order chi connectivity index (χ1) is 9.06. The lowest BCUT2D eigenvalue weighted by atomic mass is 9.89. The summed E-state index contributed by atoms with van der Waals surface area (Å²) in [5.41, 5.74) is 6.95. The Bertz CT molecular complexity index is 411. The monoisotopic (exact) mass is 281 g/mol. The van der Waals surface area contributed by atoms with E-state index < -0.39 is 0 Å². The molecule has 1 saturated carbocycles. The molecule has 2 N–H and O–H groups in total. The first-order valence-electron chi connectivity index (χ1n) is 7.26. The van der Waals surface area contributed by atoms with Crippen molar-refractivity contribution in [1.29, 1.82) is 0 Å². The van der Waals surface area contributed by atoms with E-state index in [1.165, 1.54) is 12.8 Å². The number of rotatable bonds is 4. The lowest BCUT2D eigenvalue weighted by Crippen LogP contribution is -2.24. The van der Waals surface area contributed by atoms with Gasteiger partial charge < -0.3 is 10.5 Å². The highest BCUT2D eigenvalue weighted by Crippen LogP contribution is 2.32. The number of benzene rings is 1. The molecule has 1 unspecified atom stereocenters. The van der Waals surface area contributed by atoms with E-state index in [2.05, 4.69) is 6.92 Å². The standard InChI is InChI=1S/C16H24ClNO/c1-11-6-8-13(9-7-11)19-16-5-3-4-15(17)14(16)10-12(2)18/h3-5,11-13H,6-10,18H2,1-2H3. The van der Waals surface area contributed by atoms with Crippen LogP contribution in [-0.4, -0.2) is 12.1 Å². The second kappa shape index (κ2) is 6.62. The van der Waals surface area contributed by atoms with Crippen LogP contribution in [0.15, 0.2) is 18.2 Å². The zero-order valence-corrected chi connectivity index (χ0v) is 12.6. The Kier molecular flexibility index (Phi) is 5.12. The lowest BCUT2D eigenvalue weighted by Gasteiger charge is -2.28. The van der Waals surface area contributed by atoms with Gasteiger partial charge in [-0.2, -0.15) is 0 Å². The van der Waals surface area contributed by atoms with Crippen molar-refractivity contribution in [3.8, 4) is 5.75 Å². The molecule has 1 fully saturated rings. The van der Waals surface area contributed by atoms with Crippen molar-refractivity contribution in [2.45, 2.75) is 58.1 Å². The molecule has 106 valence electrons. The van der Waals surface area contributed by atoms with Crippen LogP contribution in [0.4, 0.5) is 0 Å². The molecule has 1 aliphatic rings. The molecule has 0 aromatic heterocycles. The number of hydrogen-bond donors (Lipinski definition) is 1. The summed E-state index contributed by atoms with van der Waals surface area (Å²) >= 11 is 6.28. The predicted molar refractivity (Wildman–Crippen MR) is 80.9 cm³/mol. The highest BCUT2D eigenvalue weighted by Gasteiger charge is 2.21. The molecule has 0 saturated heterocycles. The lowest BCUT2D eigenvalue weighted by molar-refractivity contribution is 0.134. The van der Waals surface area contributed by atoms with Gasteiger partial charge in [0.05, 0.1) is 6.10 Å². The minimum atomic E-state index is 0.0913. The molecule has 2 nitrogen and oxygen atoms in total. The quantitative estimate of drug-likeness (QED) is 0.898. The Morgan fingerprint density at radius 3 is 2.63 bits per heavy atom. The van der Waals surface area contributed by atoms with Crippen LogP contribution in [0.5, 0.6) is 5.75 Å². The minimum Gasteiger partial charge on any atom is -0.490 e. The smallest absolute Gasteiger partial charge is 0.124 e. The molecule has 3 heteroatoms. The van der Waals surface area contributed by atoms with Crippen molar-refractivity contribution >= 4 is 11.6 Å². The van der Waals surface area contributed by atoms with Crippen LogP contribution in [-0.2, 0) is 6.42 Å². The van der Waals surface area contributed by atoms with E-state index in [9.17, 15) is 0 Å². The van der Waals surface area contributed by atoms with Gasteiger partial charge in [0, 0.05) is 16.6 Å². The summed E-state index contributed by atoms with van der Waals surface area (Å²) in [6.45, 7) is 4.31. The molecule has 1 aromatic rings. The Labute approximate surface area is 121 Å². The number of hydrogen-bond acceptors (Lipinski definition) is 2. The van der Waals surface area contributed by atoms with Crippen LogP contribution in [0.1, 0.15) is 45.1 Å². The maximum absolute atomic E-state index is 6.28. The molecule has 0 spiro atoms. The van der Waals surface area contributed by atoms with Gasteiger partial charge in [-0.25, -0.2) is 0 Å². The molecule has 1 aromatic carbocycles. The van der Waals surface area contributed by atoms with E-state index in [0.29, 0.717) is 6.10 Å². The zero-order valence-electron chi connectivity index (χ0n) is 11.9. The predicted octanol–water partition coefficient (Wildman–Crippen LogP) is 4.19. The Morgan fingerprint density at radius 2 is 2.00 bits per heavy atom. The summed E-state index contributed by atoms with van der Waals surface area (Å²) in [7, 11) is 0. The second-order valence-electron chi connectivity index (χ2n) is 5.90. The fourth-order valence-corrected chi connectivity index (χ4v) is 2.94. The minimum absolute atomic E-state index is 0.0913. The highest BCUT2D eigenvalue weighted by molar-refractivity contribution is 6.31. The summed E-state index contributed by atoms with van der Waals surface area (Å²) in [6, 6.07) is 5.97. The van der Waals surface area contributed by atoms with Crippen molar-refractivity contribution in [2.24, 2.45) is 11.7 Å². The van der Waals surface area contributed by atoms with Crippen LogP contribution in [0.3, 0.4) is 0 Å². The third-order valence-electron chi connectivity index (χ3n) is 3.86. The normalized spacial score (nSPS) is 25.1. The van der Waals surface area contributed by atoms with E-state index in [4.69, 9.17) is 22.1 Å². The van der Waals surface area contributed by atoms with E-state index in [1.807, 2.05) is 25.1 Å². The van der Waals surface area contributed by atoms with Crippen molar-refractivity contribution in [3.05, 3.63) is 28.8 Å². The van der Waals surface area contributed by atoms with E-state index in [0.717, 1.165) is 41.5 Å². The number of ether oxygens (including phenoxy) is 1. The molecule has 0 bridgehead atoms. The van der Waals surface area contributed by atoms with Gasteiger partial charge in [-0.3, -0.25) is 0 Å². The van der Waals surface area contributed by atoms with Crippen LogP contribution < -0.4 is 10.5 Å². The van der Waals surface area contributed by atoms with E-state index >= 15 is 0 Å². The van der Waals surface area contributed by atoms with Gasteiger partial charge >= 0.3 is 0 Å². The largest absolute Gasteiger partial charge is 0.490 e. The molecule has 1 aliphatic carbocycles. The average Bonchev–Trinajstić information content (AvgIpc) is 2.36. The summed E-state index contributed by atoms with van der Waals surface area (Å²) in [5.74, 6) is 1.76. The molecular formula is C16H24ClNO. The van der Waals surface area contributed by atoms with Gasteiger partial charge in [0.2, 0.25) is 0 Å². The van der Waals surface area contributed by atoms with Crippen LogP contribution in [0, 0.1) is 5.92 Å². The third-order valence-corrected chi connectivity index (χ3v) is 4.21. The molecule has 2 rings (SSSR count). The SMILES string of the molecule is CC(N)Cc1c(Cl)cccc1OC1CCC(C)CC1. The van der Waals surface area contributed by atoms with Crippen molar-refractivity contribution < 1.29 is 4.74 Å². The zero-order chi connectivity index (χ0) is 13.8. The van der Waals surface area contributed by atoms with Crippen LogP contribution in [0.2, 0.25) is 5.02 Å². The first kappa shape index (κ1) is 14.7. The molecule has 0 radical (unpaired) electrons. The average molecular weight is 282 g/mol. The molecule has 0 aliphatic heterocycles. The van der Waals surface area contributed by atoms with E-state index in [1.54, 1.807) is 0 Å². The number of halogens is 1. The second-order valence-corrected chi connectivity index (χ2v) is 6.30. The molecule has 0 amide bonds. The van der Waals surface area contributed by atoms with Crippen LogP contribution >= 0.6 is 11.6 Å². The van der Waals surface area contributed by atoms with Gasteiger partial charge in [-0.05, 0) is 57.1 Å². The summed E-state index contributed by atoms with van der Waals surface area (Å²) in [6.07, 6.45) is 5.90. The summed E-state index contributed by atoms with van der Waals surface area (Å²) < 4.78 is 6.18. The molecule has 0 heterocycles. The fraction of sp³-hybridized carbons (Fsp3) is 0.625. The topological polar surface area (TPSA) is 35.2 Å². The highest BCUT2D eigenvalue weighted by atomic mass is 35.5. The Balaban J connectivity index is 2.08. The Hall–Kier alpha value is -0.730. The van der Waals surface area contributed by atoms with Gasteiger partial charge in [-0.1, -0.05) is 24.6 Å². The molecule has 19 heavy (non-hydrogen) atoms. The van der Waals surface area contributed by atoms with Gasteiger partial charge in [0.15, 0.2) is 0 Å². The fourth-order valence-electron chi connectivity index (χ4n) is 2.70. The Morgan fingerprint density at radius 1 is 1.32 bits per heavy atom. The van der Waals surface area contributed by atoms with Crippen molar-refractivity contribution in [3.63, 3.8) is 0 Å². The third kappa shape index (κ3) is 4.12. The van der Waals surface area contributed by atoms with Crippen molar-refractivity contribution in [1.82, 2.24) is 0 Å².